The molecular formula is C26H31Cl2NO6S. The maximum absolute atomic E-state index is 13.8. The van der Waals surface area contributed by atoms with Crippen LogP contribution in [0.25, 0.3) is 0 Å². The Morgan fingerprint density at radius 3 is 2.22 bits per heavy atom. The van der Waals surface area contributed by atoms with Crippen LogP contribution in [0.5, 0.6) is 0 Å². The fourth-order valence-electron chi connectivity index (χ4n) is 4.77. The fraction of sp³-hybridized carbons (Fsp3) is 0.462. The molecule has 3 rings (SSSR count). The third-order valence-corrected chi connectivity index (χ3v) is 9.82. The number of benzene rings is 2. The van der Waals surface area contributed by atoms with Crippen molar-refractivity contribution in [3.63, 3.8) is 0 Å². The average Bonchev–Trinajstić information content (AvgIpc) is 2.81. The lowest BCUT2D eigenvalue weighted by molar-refractivity contribution is -0.183. The first-order valence-corrected chi connectivity index (χ1v) is 14.2. The Kier molecular flexibility index (Phi) is 9.09. The highest BCUT2D eigenvalue weighted by molar-refractivity contribution is 7.92. The predicted molar refractivity (Wildman–Crippen MR) is 140 cm³/mol. The number of ether oxygens (including phenoxy) is 1. The molecule has 0 unspecified atom stereocenters. The van der Waals surface area contributed by atoms with E-state index in [9.17, 15) is 23.1 Å². The number of carbonyl (C=O) groups is 2. The van der Waals surface area contributed by atoms with Gasteiger partial charge in [-0.1, -0.05) is 54.4 Å². The van der Waals surface area contributed by atoms with E-state index in [2.05, 4.69) is 0 Å². The molecule has 1 amide bonds. The van der Waals surface area contributed by atoms with Crippen LogP contribution in [0.1, 0.15) is 63.8 Å². The van der Waals surface area contributed by atoms with Crippen LogP contribution < -0.4 is 0 Å². The third-order valence-electron chi connectivity index (χ3n) is 6.67. The first kappa shape index (κ1) is 28.4. The molecule has 2 aromatic rings. The number of carboxylic acid groups (broad SMARTS) is 1. The van der Waals surface area contributed by atoms with Crippen molar-refractivity contribution in [2.24, 2.45) is 0 Å². The van der Waals surface area contributed by atoms with E-state index in [1.165, 1.54) is 4.90 Å². The molecule has 1 N–H and O–H groups in total. The molecule has 0 aliphatic carbocycles. The number of aliphatic carboxylic acids is 1. The molecule has 0 spiro atoms. The zero-order valence-electron chi connectivity index (χ0n) is 20.6. The lowest BCUT2D eigenvalue weighted by atomic mass is 9.89. The summed E-state index contributed by atoms with van der Waals surface area (Å²) in [5.41, 5.74) is 1.32. The van der Waals surface area contributed by atoms with E-state index in [0.29, 0.717) is 27.6 Å². The average molecular weight is 557 g/mol. The van der Waals surface area contributed by atoms with E-state index in [1.54, 1.807) is 69.3 Å². The van der Waals surface area contributed by atoms with E-state index in [0.717, 1.165) is 0 Å². The number of rotatable bonds is 9. The van der Waals surface area contributed by atoms with Crippen molar-refractivity contribution in [2.75, 3.05) is 0 Å². The molecule has 196 valence electrons. The Labute approximate surface area is 222 Å². The number of morpholine rings is 1. The van der Waals surface area contributed by atoms with Crippen LogP contribution in [0.4, 0.5) is 0 Å². The van der Waals surface area contributed by atoms with Gasteiger partial charge in [0, 0.05) is 16.1 Å². The predicted octanol–water partition coefficient (Wildman–Crippen LogP) is 5.47. The maximum Gasteiger partial charge on any atom is 0.306 e. The van der Waals surface area contributed by atoms with Gasteiger partial charge in [0.25, 0.3) is 5.91 Å². The Bertz CT molecular complexity index is 1200. The third kappa shape index (κ3) is 5.88. The van der Waals surface area contributed by atoms with Crippen LogP contribution in [0.3, 0.4) is 0 Å². The van der Waals surface area contributed by atoms with Gasteiger partial charge in [-0.15, -0.1) is 0 Å². The van der Waals surface area contributed by atoms with Gasteiger partial charge in [-0.2, -0.15) is 0 Å². The van der Waals surface area contributed by atoms with Crippen LogP contribution in [-0.2, 0) is 24.2 Å². The summed E-state index contributed by atoms with van der Waals surface area (Å²) in [6.45, 7) is 6.64. The van der Waals surface area contributed by atoms with Crippen LogP contribution in [0.2, 0.25) is 10.0 Å². The zero-order valence-corrected chi connectivity index (χ0v) is 22.9. The van der Waals surface area contributed by atoms with Gasteiger partial charge >= 0.3 is 5.97 Å². The number of hydrogen-bond donors (Lipinski definition) is 1. The second-order valence-electron chi connectivity index (χ2n) is 9.26. The molecular weight excluding hydrogens is 525 g/mol. The molecule has 5 atom stereocenters. The fourth-order valence-corrected chi connectivity index (χ4v) is 6.71. The summed E-state index contributed by atoms with van der Waals surface area (Å²) in [6, 6.07) is 12.4. The second-order valence-corrected chi connectivity index (χ2v) is 13.0. The molecule has 0 radical (unpaired) electrons. The van der Waals surface area contributed by atoms with Gasteiger partial charge < -0.3 is 14.7 Å². The number of halogens is 2. The topological polar surface area (TPSA) is 101 Å². The minimum atomic E-state index is -3.60. The molecule has 1 aliphatic rings. The normalized spacial score (nSPS) is 22.5. The summed E-state index contributed by atoms with van der Waals surface area (Å²) in [6.07, 6.45) is -2.31. The van der Waals surface area contributed by atoms with Crippen molar-refractivity contribution in [1.82, 2.24) is 4.90 Å². The van der Waals surface area contributed by atoms with Crippen molar-refractivity contribution < 1.29 is 27.9 Å². The van der Waals surface area contributed by atoms with Crippen molar-refractivity contribution >= 4 is 44.9 Å². The summed E-state index contributed by atoms with van der Waals surface area (Å²) >= 11 is 12.4. The van der Waals surface area contributed by atoms with Gasteiger partial charge in [-0.05, 0) is 62.6 Å². The molecule has 1 fully saturated rings. The van der Waals surface area contributed by atoms with Gasteiger partial charge in [-0.3, -0.25) is 9.59 Å². The van der Waals surface area contributed by atoms with E-state index in [4.69, 9.17) is 27.9 Å². The SMILES string of the molecule is CC[C@@H]([C@H](C)S(=O)(=O)C(C)C)N1C(=O)[C@H](CC(=O)O)O[C@H](c2cccc(Cl)c2)[C@H]1c1ccc(Cl)cc1. The molecule has 10 heteroatoms. The maximum atomic E-state index is 13.8. The summed E-state index contributed by atoms with van der Waals surface area (Å²) in [4.78, 5) is 27.0. The lowest BCUT2D eigenvalue weighted by Crippen LogP contribution is -2.59. The summed E-state index contributed by atoms with van der Waals surface area (Å²) in [5.74, 6) is -1.76. The molecule has 7 nitrogen and oxygen atoms in total. The highest BCUT2D eigenvalue weighted by atomic mass is 35.5. The Morgan fingerprint density at radius 1 is 1.06 bits per heavy atom. The van der Waals surface area contributed by atoms with E-state index in [-0.39, 0.29) is 0 Å². The number of carbonyl (C=O) groups excluding carboxylic acids is 1. The number of nitrogens with zero attached hydrogens (tertiary/aromatic N) is 1. The Morgan fingerprint density at radius 2 is 1.69 bits per heavy atom. The van der Waals surface area contributed by atoms with Crippen molar-refractivity contribution in [3.8, 4) is 0 Å². The summed E-state index contributed by atoms with van der Waals surface area (Å²) in [7, 11) is -3.60. The van der Waals surface area contributed by atoms with E-state index >= 15 is 0 Å². The summed E-state index contributed by atoms with van der Waals surface area (Å²) in [5, 5.41) is 8.91. The van der Waals surface area contributed by atoms with Crippen LogP contribution >= 0.6 is 23.2 Å². The molecule has 2 aromatic carbocycles. The van der Waals surface area contributed by atoms with Crippen molar-refractivity contribution in [3.05, 3.63) is 69.7 Å². The van der Waals surface area contributed by atoms with E-state index < -0.39 is 62.9 Å². The van der Waals surface area contributed by atoms with Crippen molar-refractivity contribution in [2.45, 2.75) is 75.3 Å². The Balaban J connectivity index is 2.25. The molecule has 36 heavy (non-hydrogen) atoms. The largest absolute Gasteiger partial charge is 0.481 e. The molecule has 1 heterocycles. The Hall–Kier alpha value is -2.13. The van der Waals surface area contributed by atoms with Gasteiger partial charge in [0.15, 0.2) is 9.84 Å². The monoisotopic (exact) mass is 555 g/mol. The molecule has 0 aromatic heterocycles. The molecule has 1 aliphatic heterocycles. The molecule has 0 saturated carbocycles. The highest BCUT2D eigenvalue weighted by Crippen LogP contribution is 2.45. The lowest BCUT2D eigenvalue weighted by Gasteiger charge is -2.49. The smallest absolute Gasteiger partial charge is 0.306 e. The first-order chi connectivity index (χ1) is 16.9. The van der Waals surface area contributed by atoms with Crippen LogP contribution in [0, 0.1) is 0 Å². The standard InChI is InChI=1S/C26H31Cl2NO6S/c1-5-21(16(4)36(33,34)15(2)3)29-24(17-9-11-19(27)12-10-17)25(18-7-6-8-20(28)13-18)35-22(26(29)32)14-23(30)31/h6-13,15-16,21-22,24-25H,5,14H2,1-4H3,(H,30,31)/t16-,21-,22-,24+,25+/m0/s1. The summed E-state index contributed by atoms with van der Waals surface area (Å²) < 4.78 is 32.6. The number of carboxylic acids is 1. The van der Waals surface area contributed by atoms with Crippen LogP contribution in [-0.4, -0.2) is 52.9 Å². The van der Waals surface area contributed by atoms with Crippen LogP contribution in [0.15, 0.2) is 48.5 Å². The van der Waals surface area contributed by atoms with Gasteiger partial charge in [-0.25, -0.2) is 8.42 Å². The van der Waals surface area contributed by atoms with Gasteiger partial charge in [0.05, 0.1) is 23.0 Å². The minimum Gasteiger partial charge on any atom is -0.481 e. The first-order valence-electron chi connectivity index (χ1n) is 11.8. The van der Waals surface area contributed by atoms with Gasteiger partial charge in [0.2, 0.25) is 0 Å². The minimum absolute atomic E-state index is 0.338. The highest BCUT2D eigenvalue weighted by Gasteiger charge is 2.49. The quantitative estimate of drug-likeness (QED) is 0.440. The molecule has 1 saturated heterocycles. The number of amides is 1. The van der Waals surface area contributed by atoms with E-state index in [1.807, 2.05) is 6.92 Å². The van der Waals surface area contributed by atoms with Crippen molar-refractivity contribution in [1.29, 1.82) is 0 Å². The molecule has 0 bridgehead atoms. The number of hydrogen-bond acceptors (Lipinski definition) is 5. The number of sulfone groups is 1. The zero-order chi connectivity index (χ0) is 26.8. The van der Waals surface area contributed by atoms with Gasteiger partial charge in [0.1, 0.15) is 12.2 Å². The second kappa shape index (κ2) is 11.5.